The van der Waals surface area contributed by atoms with Crippen molar-refractivity contribution in [2.45, 2.75) is 33.4 Å². The predicted octanol–water partition coefficient (Wildman–Crippen LogP) is 11.5. The first kappa shape index (κ1) is 67.9. The molecule has 10 rings (SSSR count). The first-order chi connectivity index (χ1) is 43.1. The van der Waals surface area contributed by atoms with Crippen molar-refractivity contribution >= 4 is 173 Å². The summed E-state index contributed by atoms with van der Waals surface area (Å²) in [7, 11) is -25.1. The highest BCUT2D eigenvalue weighted by Gasteiger charge is 2.25. The topological polar surface area (TPSA) is 549 Å². The Morgan fingerprint density at radius 1 is 0.391 bits per heavy atom. The zero-order valence-electron chi connectivity index (χ0n) is 46.3. The molecule has 0 fully saturated rings. The average molecular weight is 1410 g/mol. The lowest BCUT2D eigenvalue weighted by Gasteiger charge is -2.10. The Bertz CT molecular complexity index is 5450. The minimum Gasteiger partial charge on any atom is -0.397 e. The first-order valence-corrected chi connectivity index (χ1v) is 34.2. The summed E-state index contributed by atoms with van der Waals surface area (Å²) in [6, 6.07) is 32.9. The molecule has 0 aliphatic carbocycles. The van der Waals surface area contributed by atoms with Crippen LogP contribution >= 0.6 is 22.7 Å². The molecule has 0 amide bonds. The summed E-state index contributed by atoms with van der Waals surface area (Å²) in [5.74, 6) is 0. The lowest BCUT2D eigenvalue weighted by Crippen LogP contribution is -2.05. The van der Waals surface area contributed by atoms with Crippen LogP contribution in [0.2, 0.25) is 0 Å². The van der Waals surface area contributed by atoms with E-state index in [0.717, 1.165) is 34.8 Å². The highest BCUT2D eigenvalue weighted by atomic mass is 32.2. The van der Waals surface area contributed by atoms with Gasteiger partial charge in [0.2, 0.25) is 0 Å². The molecule has 0 radical (unpaired) electrons. The number of aromatic nitrogens is 2. The first-order valence-electron chi connectivity index (χ1n) is 24.8. The number of azo groups is 4. The molecule has 0 saturated carbocycles. The maximum atomic E-state index is 12.8. The third-order valence-corrected chi connectivity index (χ3v) is 18.9. The van der Waals surface area contributed by atoms with Gasteiger partial charge in [-0.1, -0.05) is 30.3 Å². The number of hydrogen-bond donors (Lipinski definition) is 8. The van der Waals surface area contributed by atoms with Crippen LogP contribution in [-0.4, -0.2) is 87.1 Å². The molecule has 0 unspecified atom stereocenters. The van der Waals surface area contributed by atoms with E-state index >= 15 is 0 Å². The monoisotopic (exact) mass is 1400 g/mol. The van der Waals surface area contributed by atoms with Gasteiger partial charge >= 0.3 is 21.2 Å². The quantitative estimate of drug-likeness (QED) is 0.0268. The van der Waals surface area contributed by atoms with Gasteiger partial charge in [-0.05, 0) is 134 Å². The number of aryl methyl sites for hydroxylation is 2. The van der Waals surface area contributed by atoms with Crippen LogP contribution < -0.4 is 22.9 Å². The standard InChI is InChI=1S/C52H40N14O12S6.2O3S/c1-25-3-20-37-47(49(25)83(73,74)75)79-51(57-37)28-7-13-31(14-8-28)60-65-45-35(53)19-22-36(42(45)54)63-62-33-17-18-34(40(23-33)81(67,68)69)27-5-11-30(12-6-27)59-64-39-24-41(82(70,71)72)44(56)46(43(39)55)66-61-32-15-9-29(10-16-32)52-58-38-21-4-26(2)50(48(38)80-52)84(76,77)78;2*1-4(2)3/h3-24H,53-56H2,1-2H3,(H,67,68,69)(H,70,71,72)(H,73,74,75)(H,76,77,78);;. The van der Waals surface area contributed by atoms with Gasteiger partial charge in [-0.15, -0.1) is 68.4 Å². The Morgan fingerprint density at radius 3 is 1.21 bits per heavy atom. The van der Waals surface area contributed by atoms with Gasteiger partial charge in [0, 0.05) is 16.7 Å². The van der Waals surface area contributed by atoms with E-state index in [1.165, 1.54) is 66.7 Å². The number of thiazole rings is 2. The number of anilines is 4. The van der Waals surface area contributed by atoms with Crippen LogP contribution in [0.25, 0.3) is 52.7 Å². The van der Waals surface area contributed by atoms with E-state index in [1.54, 1.807) is 68.4 Å². The third kappa shape index (κ3) is 16.1. The van der Waals surface area contributed by atoms with Gasteiger partial charge < -0.3 is 22.9 Å². The van der Waals surface area contributed by atoms with E-state index in [-0.39, 0.29) is 82.5 Å². The number of rotatable bonds is 15. The summed E-state index contributed by atoms with van der Waals surface area (Å²) in [4.78, 5) is 7.26. The molecule has 0 bridgehead atoms. The summed E-state index contributed by atoms with van der Waals surface area (Å²) in [5, 5.41) is 34.2. The average Bonchev–Trinajstić information content (AvgIpc) is 1.52. The van der Waals surface area contributed by atoms with E-state index in [4.69, 9.17) is 48.2 Å². The number of nitrogens with two attached hydrogens (primary N) is 4. The lowest BCUT2D eigenvalue weighted by atomic mass is 10.0. The van der Waals surface area contributed by atoms with Gasteiger partial charge in [-0.25, -0.2) is 9.97 Å². The molecule has 0 saturated heterocycles. The Balaban J connectivity index is 0.00000129. The molecule has 40 heteroatoms. The number of fused-ring (bicyclic) bond motifs is 2. The number of nitrogens with zero attached hydrogens (tertiary/aromatic N) is 10. The van der Waals surface area contributed by atoms with E-state index < -0.39 is 77.2 Å². The Kier molecular flexibility index (Phi) is 20.1. The van der Waals surface area contributed by atoms with Gasteiger partial charge in [0.15, 0.2) is 0 Å². The predicted molar refractivity (Wildman–Crippen MR) is 337 cm³/mol. The molecule has 10 aromatic rings. The molecule has 0 spiro atoms. The molecular weight excluding hydrogens is 1370 g/mol. The Morgan fingerprint density at radius 2 is 0.772 bits per heavy atom. The summed E-state index contributed by atoms with van der Waals surface area (Å²) in [6.07, 6.45) is 0. The van der Waals surface area contributed by atoms with Gasteiger partial charge in [-0.3, -0.25) is 18.2 Å². The number of hydrogen-bond acceptors (Lipinski definition) is 30. The van der Waals surface area contributed by atoms with Crippen LogP contribution in [0, 0.1) is 13.8 Å². The highest BCUT2D eigenvalue weighted by molar-refractivity contribution is 7.87. The fourth-order valence-electron chi connectivity index (χ4n) is 8.41. The zero-order chi connectivity index (χ0) is 67.4. The minimum absolute atomic E-state index is 0.00675. The van der Waals surface area contributed by atoms with Crippen molar-refractivity contribution in [2.75, 3.05) is 22.9 Å². The van der Waals surface area contributed by atoms with Crippen LogP contribution in [0.5, 0.6) is 0 Å². The molecular formula is C52H40N14O18S8. The van der Waals surface area contributed by atoms with E-state index in [1.807, 2.05) is 0 Å². The highest BCUT2D eigenvalue weighted by Crippen LogP contribution is 2.45. The molecule has 2 aromatic heterocycles. The van der Waals surface area contributed by atoms with Crippen molar-refractivity contribution in [1.29, 1.82) is 0 Å². The molecule has 2 heterocycles. The van der Waals surface area contributed by atoms with Crippen molar-refractivity contribution in [3.63, 3.8) is 0 Å². The van der Waals surface area contributed by atoms with Crippen LogP contribution in [0.3, 0.4) is 0 Å². The molecule has 32 nitrogen and oxygen atoms in total. The van der Waals surface area contributed by atoms with Crippen molar-refractivity contribution in [2.24, 2.45) is 40.9 Å². The van der Waals surface area contributed by atoms with E-state index in [2.05, 4.69) is 50.9 Å². The second kappa shape index (κ2) is 27.2. The fraction of sp³-hybridized carbons (Fsp3) is 0.0385. The molecule has 474 valence electrons. The smallest absolute Gasteiger partial charge is 0.397 e. The molecule has 8 aromatic carbocycles. The summed E-state index contributed by atoms with van der Waals surface area (Å²) < 4.78 is 190. The maximum absolute atomic E-state index is 12.8. The summed E-state index contributed by atoms with van der Waals surface area (Å²) in [5.41, 5.74) is 27.7. The molecule has 0 aliphatic rings. The Hall–Kier alpha value is -9.98. The van der Waals surface area contributed by atoms with Crippen molar-refractivity contribution < 1.29 is 77.1 Å². The Labute approximate surface area is 530 Å². The molecule has 0 aliphatic heterocycles. The van der Waals surface area contributed by atoms with E-state index in [9.17, 15) is 51.9 Å². The van der Waals surface area contributed by atoms with Crippen molar-refractivity contribution in [3.8, 4) is 32.3 Å². The summed E-state index contributed by atoms with van der Waals surface area (Å²) >= 11 is 2.16. The third-order valence-electron chi connectivity index (χ3n) is 12.5. The SMILES string of the molecule is Cc1ccc2nc(-c3ccc(N=Nc4c(N)ccc(N=Nc5ccc(-c6ccc(N=Nc7cc(S(=O)(=O)O)c(N)c(N=Nc8ccc(-c9nc%10ccc(C)c(S(=O)(=O)O)c%10s9)cc8)c7N)cc6)c(S(=O)(=O)O)c5)c4N)cc3)sc2c1S(=O)(=O)O.O=S(=O)=O.O=S(=O)=O. The van der Waals surface area contributed by atoms with Crippen LogP contribution in [0.4, 0.5) is 68.2 Å². The minimum atomic E-state index is -4.99. The maximum Gasteiger partial charge on any atom is 0.425 e. The number of nitrogen functional groups attached to an aromatic ring is 4. The lowest BCUT2D eigenvalue weighted by molar-refractivity contribution is 0.481. The van der Waals surface area contributed by atoms with Gasteiger partial charge in [0.05, 0.1) is 65.9 Å². The second-order valence-corrected chi connectivity index (χ2v) is 26.9. The second-order valence-electron chi connectivity index (χ2n) is 18.6. The number of benzene rings is 8. The van der Waals surface area contributed by atoms with Gasteiger partial charge in [0.25, 0.3) is 40.5 Å². The molecule has 0 atom stereocenters. The van der Waals surface area contributed by atoms with Crippen molar-refractivity contribution in [1.82, 2.24) is 9.97 Å². The van der Waals surface area contributed by atoms with Crippen molar-refractivity contribution in [3.05, 3.63) is 145 Å². The van der Waals surface area contributed by atoms with Crippen LogP contribution in [0.15, 0.2) is 194 Å². The molecule has 12 N–H and O–H groups in total. The van der Waals surface area contributed by atoms with Crippen LogP contribution in [-0.2, 0) is 61.7 Å². The normalized spacial score (nSPS) is 12.2. The fourth-order valence-corrected chi connectivity index (χ4v) is 14.4. The molecule has 92 heavy (non-hydrogen) atoms. The zero-order valence-corrected chi connectivity index (χ0v) is 52.8. The van der Waals surface area contributed by atoms with Crippen LogP contribution in [0.1, 0.15) is 11.1 Å². The van der Waals surface area contributed by atoms with E-state index in [0.29, 0.717) is 53.7 Å². The largest absolute Gasteiger partial charge is 0.425 e. The van der Waals surface area contributed by atoms with Gasteiger partial charge in [-0.2, -0.15) is 54.1 Å². The van der Waals surface area contributed by atoms with Gasteiger partial charge in [0.1, 0.15) is 52.3 Å². The summed E-state index contributed by atoms with van der Waals surface area (Å²) in [6.45, 7) is 3.13.